The van der Waals surface area contributed by atoms with Crippen LogP contribution in [0, 0.1) is 0 Å². The summed E-state index contributed by atoms with van der Waals surface area (Å²) in [4.78, 5) is 0. The average Bonchev–Trinajstić information content (AvgIpc) is 1.79. The first-order chi connectivity index (χ1) is 2.30. The maximum Gasteiger partial charge on any atom is 0.157 e. The number of hydrogen-bond donors (Lipinski definition) is 0. The summed E-state index contributed by atoms with van der Waals surface area (Å²) in [6.07, 6.45) is 0.316. The number of alkyl halides is 1. The first-order valence-corrected chi connectivity index (χ1v) is 2.04. The fourth-order valence-electron chi connectivity index (χ4n) is 0.160. The van der Waals surface area contributed by atoms with Crippen molar-refractivity contribution in [2.45, 2.75) is 18.6 Å². The van der Waals surface area contributed by atoms with Crippen molar-refractivity contribution >= 4 is 11.6 Å². The maximum absolute atomic E-state index is 5.31. The summed E-state index contributed by atoms with van der Waals surface area (Å²) >= 11 is 5.31. The van der Waals surface area contributed by atoms with Gasteiger partial charge in [0, 0.05) is 0 Å². The monoisotopic (exact) mass is 92.0 g/mol. The quantitative estimate of drug-likeness (QED) is 0.320. The molecule has 0 saturated carbocycles. The molecule has 0 amide bonds. The number of rotatable bonds is 0. The van der Waals surface area contributed by atoms with E-state index in [1.165, 1.54) is 0 Å². The zero-order valence-corrected chi connectivity index (χ0v) is 3.70. The third-order valence-electron chi connectivity index (χ3n) is 0.637. The fraction of sp³-hybridized carbons (Fsp3) is 1.00. The lowest BCUT2D eigenvalue weighted by atomic mass is 10.6. The molecule has 0 aromatic carbocycles. The van der Waals surface area contributed by atoms with E-state index in [4.69, 9.17) is 11.6 Å². The topological polar surface area (TPSA) is 12.5 Å². The Kier molecular flexibility index (Phi) is 0.588. The molecule has 2 atom stereocenters. The number of ether oxygens (including phenoxy) is 1. The summed E-state index contributed by atoms with van der Waals surface area (Å²) in [7, 11) is 0. The van der Waals surface area contributed by atoms with E-state index in [1.807, 2.05) is 6.92 Å². The van der Waals surface area contributed by atoms with Gasteiger partial charge in [-0.3, -0.25) is 0 Å². The van der Waals surface area contributed by atoms with Crippen LogP contribution in [0.5, 0.6) is 0 Å². The van der Waals surface area contributed by atoms with Crippen LogP contribution in [0.2, 0.25) is 0 Å². The predicted molar refractivity (Wildman–Crippen MR) is 20.2 cm³/mol. The molecule has 0 aromatic heterocycles. The van der Waals surface area contributed by atoms with Gasteiger partial charge in [0.1, 0.15) is 0 Å². The second kappa shape index (κ2) is 0.854. The average molecular weight is 92.5 g/mol. The molecule has 1 saturated heterocycles. The molecule has 1 nitrogen and oxygen atoms in total. The Morgan fingerprint density at radius 2 is 2.00 bits per heavy atom. The van der Waals surface area contributed by atoms with Crippen molar-refractivity contribution in [1.29, 1.82) is 0 Å². The van der Waals surface area contributed by atoms with Gasteiger partial charge in [-0.05, 0) is 6.92 Å². The highest BCUT2D eigenvalue weighted by Crippen LogP contribution is 2.23. The first kappa shape index (κ1) is 3.44. The minimum Gasteiger partial charge on any atom is -0.353 e. The van der Waals surface area contributed by atoms with Crippen LogP contribution in [-0.4, -0.2) is 11.7 Å². The summed E-state index contributed by atoms with van der Waals surface area (Å²) in [5.41, 5.74) is 0.0231. The normalized spacial score (nSPS) is 49.2. The highest BCUT2D eigenvalue weighted by Gasteiger charge is 2.30. The van der Waals surface area contributed by atoms with E-state index >= 15 is 0 Å². The van der Waals surface area contributed by atoms with Crippen molar-refractivity contribution in [3.05, 3.63) is 0 Å². The number of hydrogen-bond acceptors (Lipinski definition) is 1. The van der Waals surface area contributed by atoms with Crippen LogP contribution in [0.1, 0.15) is 6.92 Å². The van der Waals surface area contributed by atoms with Gasteiger partial charge < -0.3 is 4.74 Å². The third-order valence-corrected chi connectivity index (χ3v) is 1.09. The van der Waals surface area contributed by atoms with Crippen molar-refractivity contribution in [3.63, 3.8) is 0 Å². The Morgan fingerprint density at radius 1 is 1.80 bits per heavy atom. The second-order valence-electron chi connectivity index (χ2n) is 1.19. The zero-order valence-electron chi connectivity index (χ0n) is 2.94. The molecule has 1 aliphatic heterocycles. The Labute approximate surface area is 35.9 Å². The van der Waals surface area contributed by atoms with Gasteiger partial charge in [-0.1, -0.05) is 11.6 Å². The smallest absolute Gasteiger partial charge is 0.157 e. The highest BCUT2D eigenvalue weighted by molar-refractivity contribution is 6.21. The minimum absolute atomic E-state index is 0.0231. The van der Waals surface area contributed by atoms with Crippen LogP contribution < -0.4 is 0 Å². The SMILES string of the molecule is CC1O[C@@H]1Cl. The van der Waals surface area contributed by atoms with Crippen molar-refractivity contribution in [2.75, 3.05) is 0 Å². The first-order valence-electron chi connectivity index (χ1n) is 1.60. The molecule has 5 heavy (non-hydrogen) atoms. The van der Waals surface area contributed by atoms with Gasteiger partial charge in [0.15, 0.2) is 5.56 Å². The van der Waals surface area contributed by atoms with Gasteiger partial charge in [-0.15, -0.1) is 0 Å². The van der Waals surface area contributed by atoms with Crippen LogP contribution in [0.4, 0.5) is 0 Å². The van der Waals surface area contributed by atoms with E-state index in [9.17, 15) is 0 Å². The van der Waals surface area contributed by atoms with Crippen molar-refractivity contribution in [1.82, 2.24) is 0 Å². The number of epoxide rings is 1. The lowest BCUT2D eigenvalue weighted by molar-refractivity contribution is 0.411. The Hall–Kier alpha value is 0.250. The van der Waals surface area contributed by atoms with Crippen molar-refractivity contribution < 1.29 is 4.74 Å². The minimum atomic E-state index is 0.0231. The molecule has 1 fully saturated rings. The summed E-state index contributed by atoms with van der Waals surface area (Å²) in [6.45, 7) is 1.94. The van der Waals surface area contributed by atoms with Crippen LogP contribution >= 0.6 is 11.6 Å². The van der Waals surface area contributed by atoms with Gasteiger partial charge >= 0.3 is 0 Å². The van der Waals surface area contributed by atoms with Crippen LogP contribution in [0.25, 0.3) is 0 Å². The van der Waals surface area contributed by atoms with E-state index in [1.54, 1.807) is 0 Å². The maximum atomic E-state index is 5.31. The van der Waals surface area contributed by atoms with E-state index in [0.717, 1.165) is 0 Å². The lowest BCUT2D eigenvalue weighted by Crippen LogP contribution is -1.69. The Bertz CT molecular complexity index is 40.2. The molecule has 0 N–H and O–H groups in total. The molecule has 0 spiro atoms. The molecule has 0 aliphatic carbocycles. The molecule has 1 aliphatic rings. The van der Waals surface area contributed by atoms with Crippen LogP contribution in [-0.2, 0) is 4.74 Å². The molecule has 1 heterocycles. The van der Waals surface area contributed by atoms with E-state index < -0.39 is 0 Å². The predicted octanol–water partition coefficient (Wildman–Crippen LogP) is 0.970. The molecule has 1 unspecified atom stereocenters. The largest absolute Gasteiger partial charge is 0.353 e. The lowest BCUT2D eigenvalue weighted by Gasteiger charge is -1.55. The van der Waals surface area contributed by atoms with Crippen LogP contribution in [0.3, 0.4) is 0 Å². The second-order valence-corrected chi connectivity index (χ2v) is 1.62. The van der Waals surface area contributed by atoms with Crippen molar-refractivity contribution in [3.8, 4) is 0 Å². The van der Waals surface area contributed by atoms with E-state index in [0.29, 0.717) is 6.10 Å². The number of halogens is 1. The summed E-state index contributed by atoms with van der Waals surface area (Å²) in [5.74, 6) is 0. The molecule has 0 aromatic rings. The zero-order chi connectivity index (χ0) is 3.86. The third kappa shape index (κ3) is 0.551. The van der Waals surface area contributed by atoms with Crippen LogP contribution in [0.15, 0.2) is 0 Å². The molecule has 0 radical (unpaired) electrons. The van der Waals surface area contributed by atoms with Gasteiger partial charge in [0.05, 0.1) is 6.10 Å². The summed E-state index contributed by atoms with van der Waals surface area (Å²) in [5, 5.41) is 0. The molecular formula is C3H5ClO. The summed E-state index contributed by atoms with van der Waals surface area (Å²) < 4.78 is 4.68. The van der Waals surface area contributed by atoms with E-state index in [2.05, 4.69) is 4.74 Å². The summed E-state index contributed by atoms with van der Waals surface area (Å²) in [6, 6.07) is 0. The van der Waals surface area contributed by atoms with Gasteiger partial charge in [0.25, 0.3) is 0 Å². The Balaban J connectivity index is 2.20. The molecule has 2 heteroatoms. The van der Waals surface area contributed by atoms with Gasteiger partial charge in [-0.2, -0.15) is 0 Å². The highest BCUT2D eigenvalue weighted by atomic mass is 35.5. The fourth-order valence-corrected chi connectivity index (χ4v) is 0.322. The standard InChI is InChI=1S/C3H5ClO/c1-2-3(4)5-2/h2-3H,1H3/t2?,3-/m0/s1. The van der Waals surface area contributed by atoms with E-state index in [-0.39, 0.29) is 5.56 Å². The molecule has 1 rings (SSSR count). The Morgan fingerprint density at radius 3 is 2.00 bits per heavy atom. The van der Waals surface area contributed by atoms with Gasteiger partial charge in [0.2, 0.25) is 0 Å². The molecule has 30 valence electrons. The molecular weight excluding hydrogens is 87.5 g/mol. The van der Waals surface area contributed by atoms with Crippen molar-refractivity contribution in [2.24, 2.45) is 0 Å². The molecule has 0 bridgehead atoms. The van der Waals surface area contributed by atoms with Gasteiger partial charge in [-0.25, -0.2) is 0 Å².